The largest absolute Gasteiger partial charge is 0.351 e. The molecule has 0 saturated heterocycles. The number of imidazole rings is 1. The third-order valence-electron chi connectivity index (χ3n) is 4.96. The molecule has 0 atom stereocenters. The van der Waals surface area contributed by atoms with Crippen LogP contribution in [0, 0.1) is 19.8 Å². The van der Waals surface area contributed by atoms with Crippen molar-refractivity contribution in [3.05, 3.63) is 35.3 Å². The first-order valence-electron chi connectivity index (χ1n) is 8.88. The first-order chi connectivity index (χ1) is 11.1. The average molecular weight is 313 g/mol. The van der Waals surface area contributed by atoms with Gasteiger partial charge in [0.1, 0.15) is 11.3 Å². The molecule has 4 heteroatoms. The van der Waals surface area contributed by atoms with Gasteiger partial charge in [0.05, 0.1) is 5.69 Å². The van der Waals surface area contributed by atoms with Crippen molar-refractivity contribution in [2.24, 2.45) is 5.92 Å². The van der Waals surface area contributed by atoms with Gasteiger partial charge in [-0.1, -0.05) is 38.2 Å². The Labute approximate surface area is 138 Å². The van der Waals surface area contributed by atoms with Gasteiger partial charge in [-0.2, -0.15) is 0 Å². The first kappa shape index (κ1) is 16.0. The molecule has 2 aromatic heterocycles. The van der Waals surface area contributed by atoms with Crippen LogP contribution in [0.2, 0.25) is 0 Å². The van der Waals surface area contributed by atoms with Crippen LogP contribution in [0.4, 0.5) is 0 Å². The van der Waals surface area contributed by atoms with E-state index >= 15 is 0 Å². The van der Waals surface area contributed by atoms with Crippen LogP contribution in [-0.4, -0.2) is 21.8 Å². The Bertz CT molecular complexity index is 683. The van der Waals surface area contributed by atoms with Gasteiger partial charge in [0.2, 0.25) is 0 Å². The Balaban J connectivity index is 1.58. The third kappa shape index (κ3) is 3.74. The summed E-state index contributed by atoms with van der Waals surface area (Å²) in [6.45, 7) is 4.69. The number of hydrogen-bond donors (Lipinski definition) is 1. The Morgan fingerprint density at radius 1 is 1.26 bits per heavy atom. The number of aryl methyl sites for hydroxylation is 2. The second-order valence-electron chi connectivity index (χ2n) is 6.88. The molecule has 1 saturated carbocycles. The van der Waals surface area contributed by atoms with Crippen LogP contribution in [0.25, 0.3) is 5.65 Å². The van der Waals surface area contributed by atoms with Crippen LogP contribution in [0.1, 0.15) is 66.7 Å². The van der Waals surface area contributed by atoms with Gasteiger partial charge in [-0.25, -0.2) is 4.98 Å². The molecule has 0 unspecified atom stereocenters. The van der Waals surface area contributed by atoms with Crippen molar-refractivity contribution in [2.75, 3.05) is 6.54 Å². The van der Waals surface area contributed by atoms with Gasteiger partial charge < -0.3 is 5.32 Å². The monoisotopic (exact) mass is 313 g/mol. The molecule has 1 N–H and O–H groups in total. The minimum Gasteiger partial charge on any atom is -0.351 e. The van der Waals surface area contributed by atoms with Gasteiger partial charge in [-0.05, 0) is 44.2 Å². The van der Waals surface area contributed by atoms with Gasteiger partial charge in [0.25, 0.3) is 5.91 Å². The minimum absolute atomic E-state index is 0.00996. The molecule has 0 aliphatic heterocycles. The molecule has 0 spiro atoms. The number of carbonyl (C=O) groups excluding carboxylic acids is 1. The summed E-state index contributed by atoms with van der Waals surface area (Å²) >= 11 is 0. The highest BCUT2D eigenvalue weighted by Gasteiger charge is 2.17. The Morgan fingerprint density at radius 3 is 2.83 bits per heavy atom. The number of aromatic nitrogens is 2. The van der Waals surface area contributed by atoms with E-state index in [0.717, 1.165) is 35.8 Å². The molecular formula is C19H27N3O. The third-order valence-corrected chi connectivity index (χ3v) is 4.96. The maximum absolute atomic E-state index is 12.5. The fourth-order valence-electron chi connectivity index (χ4n) is 3.69. The number of rotatable bonds is 5. The molecule has 124 valence electrons. The maximum atomic E-state index is 12.5. The number of hydrogen-bond acceptors (Lipinski definition) is 2. The molecule has 3 rings (SSSR count). The summed E-state index contributed by atoms with van der Waals surface area (Å²) in [5.41, 5.74) is 3.42. The number of fused-ring (bicyclic) bond motifs is 1. The van der Waals surface area contributed by atoms with Crippen molar-refractivity contribution in [3.8, 4) is 0 Å². The lowest BCUT2D eigenvalue weighted by Gasteiger charge is -2.21. The minimum atomic E-state index is -0.00996. The van der Waals surface area contributed by atoms with E-state index in [4.69, 9.17) is 0 Å². The lowest BCUT2D eigenvalue weighted by Crippen LogP contribution is -2.27. The van der Waals surface area contributed by atoms with Crippen molar-refractivity contribution >= 4 is 11.6 Å². The van der Waals surface area contributed by atoms with Crippen LogP contribution in [0.3, 0.4) is 0 Å². The lowest BCUT2D eigenvalue weighted by molar-refractivity contribution is 0.0945. The molecule has 2 aromatic rings. The predicted octanol–water partition coefficient (Wildman–Crippen LogP) is 4.04. The SMILES string of the molecule is Cc1ccc2nc(C)c(C(=O)NCCCC3CCCCC3)n2c1. The van der Waals surface area contributed by atoms with E-state index < -0.39 is 0 Å². The summed E-state index contributed by atoms with van der Waals surface area (Å²) in [6.07, 6.45) is 11.2. The zero-order valence-electron chi connectivity index (χ0n) is 14.3. The first-order valence-corrected chi connectivity index (χ1v) is 8.88. The summed E-state index contributed by atoms with van der Waals surface area (Å²) in [7, 11) is 0. The maximum Gasteiger partial charge on any atom is 0.270 e. The van der Waals surface area contributed by atoms with Gasteiger partial charge in [-0.3, -0.25) is 9.20 Å². The highest BCUT2D eigenvalue weighted by atomic mass is 16.1. The van der Waals surface area contributed by atoms with Crippen molar-refractivity contribution in [2.45, 2.75) is 58.8 Å². The Morgan fingerprint density at radius 2 is 2.04 bits per heavy atom. The van der Waals surface area contributed by atoms with Crippen molar-refractivity contribution < 1.29 is 4.79 Å². The van der Waals surface area contributed by atoms with Gasteiger partial charge >= 0.3 is 0 Å². The molecule has 23 heavy (non-hydrogen) atoms. The average Bonchev–Trinajstić information content (AvgIpc) is 2.87. The zero-order valence-corrected chi connectivity index (χ0v) is 14.3. The van der Waals surface area contributed by atoms with Crippen LogP contribution >= 0.6 is 0 Å². The van der Waals surface area contributed by atoms with E-state index in [1.807, 2.05) is 36.6 Å². The van der Waals surface area contributed by atoms with Crippen molar-refractivity contribution in [3.63, 3.8) is 0 Å². The summed E-state index contributed by atoms with van der Waals surface area (Å²) in [6, 6.07) is 3.98. The zero-order chi connectivity index (χ0) is 16.2. The van der Waals surface area contributed by atoms with E-state index in [1.54, 1.807) is 0 Å². The molecule has 1 aliphatic carbocycles. The smallest absolute Gasteiger partial charge is 0.270 e. The quantitative estimate of drug-likeness (QED) is 0.847. The Kier molecular flexibility index (Phi) is 4.99. The Hall–Kier alpha value is -1.84. The molecule has 1 fully saturated rings. The topological polar surface area (TPSA) is 46.4 Å². The van der Waals surface area contributed by atoms with Gasteiger partial charge in [-0.15, -0.1) is 0 Å². The summed E-state index contributed by atoms with van der Waals surface area (Å²) < 4.78 is 1.90. The van der Waals surface area contributed by atoms with E-state index in [2.05, 4.69) is 10.3 Å². The van der Waals surface area contributed by atoms with Crippen LogP contribution in [-0.2, 0) is 0 Å². The number of nitrogens with one attached hydrogen (secondary N) is 1. The number of nitrogens with zero attached hydrogens (tertiary/aromatic N) is 2. The van der Waals surface area contributed by atoms with Crippen LogP contribution < -0.4 is 5.32 Å². The van der Waals surface area contributed by atoms with Crippen LogP contribution in [0.5, 0.6) is 0 Å². The molecule has 1 aliphatic rings. The van der Waals surface area contributed by atoms with E-state index in [9.17, 15) is 4.79 Å². The number of carbonyl (C=O) groups is 1. The van der Waals surface area contributed by atoms with E-state index in [0.29, 0.717) is 5.69 Å². The second kappa shape index (κ2) is 7.16. The van der Waals surface area contributed by atoms with Gasteiger partial charge in [0.15, 0.2) is 0 Å². The fraction of sp³-hybridized carbons (Fsp3) is 0.579. The summed E-state index contributed by atoms with van der Waals surface area (Å²) in [4.78, 5) is 17.0. The predicted molar refractivity (Wildman–Crippen MR) is 92.8 cm³/mol. The van der Waals surface area contributed by atoms with E-state index in [-0.39, 0.29) is 5.91 Å². The highest BCUT2D eigenvalue weighted by molar-refractivity contribution is 5.94. The lowest BCUT2D eigenvalue weighted by atomic mass is 9.86. The number of pyridine rings is 1. The van der Waals surface area contributed by atoms with Crippen molar-refractivity contribution in [1.29, 1.82) is 0 Å². The molecule has 0 aromatic carbocycles. The molecule has 4 nitrogen and oxygen atoms in total. The number of amides is 1. The fourth-order valence-corrected chi connectivity index (χ4v) is 3.69. The molecule has 1 amide bonds. The van der Waals surface area contributed by atoms with Gasteiger partial charge in [0, 0.05) is 12.7 Å². The summed E-state index contributed by atoms with van der Waals surface area (Å²) in [5, 5.41) is 3.08. The normalized spacial score (nSPS) is 15.9. The molecule has 2 heterocycles. The molecular weight excluding hydrogens is 286 g/mol. The second-order valence-corrected chi connectivity index (χ2v) is 6.88. The highest BCUT2D eigenvalue weighted by Crippen LogP contribution is 2.27. The molecule has 0 radical (unpaired) electrons. The summed E-state index contributed by atoms with van der Waals surface area (Å²) in [5.74, 6) is 0.866. The van der Waals surface area contributed by atoms with Crippen molar-refractivity contribution in [1.82, 2.24) is 14.7 Å². The standard InChI is InChI=1S/C19H27N3O/c1-14-10-11-17-21-15(2)18(22(17)13-14)19(23)20-12-6-9-16-7-4-3-5-8-16/h10-11,13,16H,3-9,12H2,1-2H3,(H,20,23). The van der Waals surface area contributed by atoms with Crippen LogP contribution in [0.15, 0.2) is 18.3 Å². The molecule has 0 bridgehead atoms. The van der Waals surface area contributed by atoms with E-state index in [1.165, 1.54) is 38.5 Å².